The Morgan fingerprint density at radius 1 is 1.17 bits per heavy atom. The summed E-state index contributed by atoms with van der Waals surface area (Å²) < 4.78 is 1.80. The van der Waals surface area contributed by atoms with E-state index >= 15 is 0 Å². The Bertz CT molecular complexity index is 812. The van der Waals surface area contributed by atoms with E-state index in [1.807, 2.05) is 61.7 Å². The molecule has 0 unspecified atom stereocenters. The number of benzene rings is 1. The third-order valence-electron chi connectivity index (χ3n) is 3.78. The molecule has 2 aromatic heterocycles. The molecule has 1 aromatic carbocycles. The normalized spacial score (nSPS) is 10.9. The van der Waals surface area contributed by atoms with Crippen LogP contribution in [-0.2, 0) is 6.54 Å². The molecular weight excluding hydrogens is 290 g/mol. The summed E-state index contributed by atoms with van der Waals surface area (Å²) in [5.74, 6) is -0.126. The van der Waals surface area contributed by atoms with Crippen LogP contribution in [0.4, 0.5) is 0 Å². The molecule has 118 valence electrons. The summed E-state index contributed by atoms with van der Waals surface area (Å²) in [5.41, 5.74) is 3.01. The second-order valence-electron chi connectivity index (χ2n) is 5.41. The summed E-state index contributed by atoms with van der Waals surface area (Å²) in [4.78, 5) is 19.1. The first-order valence-corrected chi connectivity index (χ1v) is 7.58. The lowest BCUT2D eigenvalue weighted by Gasteiger charge is -2.22. The molecule has 2 heterocycles. The van der Waals surface area contributed by atoms with E-state index in [1.165, 1.54) is 0 Å². The van der Waals surface area contributed by atoms with Crippen molar-refractivity contribution in [2.45, 2.75) is 13.5 Å². The van der Waals surface area contributed by atoms with Gasteiger partial charge in [0.15, 0.2) is 0 Å². The fourth-order valence-electron chi connectivity index (χ4n) is 2.70. The van der Waals surface area contributed by atoms with Crippen molar-refractivity contribution in [3.8, 4) is 0 Å². The molecule has 0 aliphatic carbocycles. The van der Waals surface area contributed by atoms with Crippen molar-refractivity contribution >= 4 is 11.6 Å². The van der Waals surface area contributed by atoms with Gasteiger partial charge < -0.3 is 10.0 Å². The largest absolute Gasteiger partial charge is 0.395 e. The van der Waals surface area contributed by atoms with Gasteiger partial charge in [0.1, 0.15) is 11.3 Å². The summed E-state index contributed by atoms with van der Waals surface area (Å²) in [7, 11) is 0. The zero-order chi connectivity index (χ0) is 16.2. The highest BCUT2D eigenvalue weighted by Crippen LogP contribution is 2.16. The molecular formula is C18H19N3O2. The standard InChI is InChI=1S/C18H19N3O2/c1-14-17(21-10-6-5-9-16(21)19-14)18(23)20(11-12-22)13-15-7-3-2-4-8-15/h2-10,22H,11-13H2,1H3. The second-order valence-corrected chi connectivity index (χ2v) is 5.41. The highest BCUT2D eigenvalue weighted by Gasteiger charge is 2.22. The van der Waals surface area contributed by atoms with Crippen molar-refractivity contribution in [1.82, 2.24) is 14.3 Å². The van der Waals surface area contributed by atoms with Gasteiger partial charge >= 0.3 is 0 Å². The van der Waals surface area contributed by atoms with Gasteiger partial charge in [-0.1, -0.05) is 36.4 Å². The van der Waals surface area contributed by atoms with Crippen molar-refractivity contribution < 1.29 is 9.90 Å². The van der Waals surface area contributed by atoms with Gasteiger partial charge in [0.2, 0.25) is 0 Å². The number of aromatic nitrogens is 2. The predicted octanol–water partition coefficient (Wildman–Crippen LogP) is 2.28. The number of carbonyl (C=O) groups excluding carboxylic acids is 1. The van der Waals surface area contributed by atoms with E-state index in [9.17, 15) is 9.90 Å². The molecule has 0 aliphatic heterocycles. The molecule has 3 aromatic rings. The van der Waals surface area contributed by atoms with Crippen LogP contribution in [0.15, 0.2) is 54.7 Å². The number of fused-ring (bicyclic) bond motifs is 1. The molecule has 5 nitrogen and oxygen atoms in total. The predicted molar refractivity (Wildman–Crippen MR) is 88.2 cm³/mol. The number of aliphatic hydroxyl groups excluding tert-OH is 1. The molecule has 0 radical (unpaired) electrons. The zero-order valence-corrected chi connectivity index (χ0v) is 13.0. The van der Waals surface area contributed by atoms with Gasteiger partial charge in [-0.15, -0.1) is 0 Å². The van der Waals surface area contributed by atoms with Crippen molar-refractivity contribution in [2.24, 2.45) is 0 Å². The number of imidazole rings is 1. The minimum absolute atomic E-state index is 0.0750. The van der Waals surface area contributed by atoms with Crippen LogP contribution < -0.4 is 0 Å². The fraction of sp³-hybridized carbons (Fsp3) is 0.222. The van der Waals surface area contributed by atoms with Gasteiger partial charge in [-0.05, 0) is 24.6 Å². The molecule has 0 aliphatic rings. The van der Waals surface area contributed by atoms with Crippen molar-refractivity contribution in [2.75, 3.05) is 13.2 Å². The Morgan fingerprint density at radius 2 is 1.91 bits per heavy atom. The number of hydrogen-bond donors (Lipinski definition) is 1. The maximum absolute atomic E-state index is 13.0. The van der Waals surface area contributed by atoms with E-state index in [4.69, 9.17) is 0 Å². The van der Waals surface area contributed by atoms with Crippen molar-refractivity contribution in [1.29, 1.82) is 0 Å². The second kappa shape index (κ2) is 6.62. The molecule has 0 fully saturated rings. The summed E-state index contributed by atoms with van der Waals surface area (Å²) in [6, 6.07) is 15.4. The number of nitrogens with zero attached hydrogens (tertiary/aromatic N) is 3. The maximum Gasteiger partial charge on any atom is 0.273 e. The lowest BCUT2D eigenvalue weighted by molar-refractivity contribution is 0.0700. The van der Waals surface area contributed by atoms with Crippen LogP contribution in [0, 0.1) is 6.92 Å². The molecule has 1 N–H and O–H groups in total. The molecule has 0 spiro atoms. The molecule has 0 atom stereocenters. The Kier molecular flexibility index (Phi) is 4.39. The third kappa shape index (κ3) is 3.10. The molecule has 3 rings (SSSR count). The van der Waals surface area contributed by atoms with Gasteiger partial charge in [0.05, 0.1) is 12.3 Å². The van der Waals surface area contributed by atoms with Crippen LogP contribution in [0.5, 0.6) is 0 Å². The van der Waals surface area contributed by atoms with Crippen LogP contribution in [0.1, 0.15) is 21.7 Å². The van der Waals surface area contributed by atoms with Crippen LogP contribution in [0.3, 0.4) is 0 Å². The number of aryl methyl sites for hydroxylation is 1. The Balaban J connectivity index is 1.95. The minimum Gasteiger partial charge on any atom is -0.395 e. The summed E-state index contributed by atoms with van der Waals surface area (Å²) in [6.07, 6.45) is 1.84. The van der Waals surface area contributed by atoms with E-state index in [-0.39, 0.29) is 19.1 Å². The maximum atomic E-state index is 13.0. The molecule has 1 amide bonds. The minimum atomic E-state index is -0.126. The first-order valence-electron chi connectivity index (χ1n) is 7.58. The van der Waals surface area contributed by atoms with Crippen molar-refractivity contribution in [3.05, 3.63) is 71.7 Å². The van der Waals surface area contributed by atoms with E-state index < -0.39 is 0 Å². The highest BCUT2D eigenvalue weighted by atomic mass is 16.3. The number of amides is 1. The Hall–Kier alpha value is -2.66. The van der Waals surface area contributed by atoms with Crippen LogP contribution in [0.2, 0.25) is 0 Å². The van der Waals surface area contributed by atoms with Gasteiger partial charge in [-0.2, -0.15) is 0 Å². The average Bonchev–Trinajstić information content (AvgIpc) is 2.90. The van der Waals surface area contributed by atoms with Gasteiger partial charge in [0.25, 0.3) is 5.91 Å². The van der Waals surface area contributed by atoms with Gasteiger partial charge in [0, 0.05) is 19.3 Å². The highest BCUT2D eigenvalue weighted by molar-refractivity contribution is 5.94. The molecule has 0 saturated heterocycles. The van der Waals surface area contributed by atoms with E-state index in [2.05, 4.69) is 4.98 Å². The summed E-state index contributed by atoms with van der Waals surface area (Å²) >= 11 is 0. The number of carbonyl (C=O) groups is 1. The third-order valence-corrected chi connectivity index (χ3v) is 3.78. The summed E-state index contributed by atoms with van der Waals surface area (Å²) in [6.45, 7) is 2.50. The fourth-order valence-corrected chi connectivity index (χ4v) is 2.70. The SMILES string of the molecule is Cc1nc2ccccn2c1C(=O)N(CCO)Cc1ccccc1. The topological polar surface area (TPSA) is 57.8 Å². The van der Waals surface area contributed by atoms with E-state index in [1.54, 1.807) is 9.30 Å². The molecule has 0 saturated carbocycles. The average molecular weight is 309 g/mol. The van der Waals surface area contributed by atoms with Crippen molar-refractivity contribution in [3.63, 3.8) is 0 Å². The number of hydrogen-bond acceptors (Lipinski definition) is 3. The molecule has 0 bridgehead atoms. The number of pyridine rings is 1. The number of rotatable bonds is 5. The van der Waals surface area contributed by atoms with E-state index in [0.717, 1.165) is 11.2 Å². The monoisotopic (exact) mass is 309 g/mol. The molecule has 5 heteroatoms. The summed E-state index contributed by atoms with van der Waals surface area (Å²) in [5, 5.41) is 9.33. The van der Waals surface area contributed by atoms with Crippen LogP contribution >= 0.6 is 0 Å². The van der Waals surface area contributed by atoms with Crippen LogP contribution in [-0.4, -0.2) is 38.4 Å². The van der Waals surface area contributed by atoms with Gasteiger partial charge in [-0.25, -0.2) is 4.98 Å². The first kappa shape index (κ1) is 15.2. The number of aliphatic hydroxyl groups is 1. The van der Waals surface area contributed by atoms with Gasteiger partial charge in [-0.3, -0.25) is 9.20 Å². The quantitative estimate of drug-likeness (QED) is 0.786. The van der Waals surface area contributed by atoms with Crippen LogP contribution in [0.25, 0.3) is 5.65 Å². The zero-order valence-electron chi connectivity index (χ0n) is 13.0. The molecule has 23 heavy (non-hydrogen) atoms. The van der Waals surface area contributed by atoms with E-state index in [0.29, 0.717) is 17.9 Å². The Labute approximate surface area is 134 Å². The smallest absolute Gasteiger partial charge is 0.273 e. The first-order chi connectivity index (χ1) is 11.2. The lowest BCUT2D eigenvalue weighted by Crippen LogP contribution is -2.34. The lowest BCUT2D eigenvalue weighted by atomic mass is 10.2. The Morgan fingerprint density at radius 3 is 2.65 bits per heavy atom.